The molecule has 2 atom stereocenters. The van der Waals surface area contributed by atoms with Crippen molar-refractivity contribution in [2.45, 2.75) is 40.2 Å². The smallest absolute Gasteiger partial charge is 0.326 e. The van der Waals surface area contributed by atoms with Crippen molar-refractivity contribution >= 4 is 23.2 Å². The van der Waals surface area contributed by atoms with Gasteiger partial charge in [-0.25, -0.2) is 9.78 Å². The van der Waals surface area contributed by atoms with Crippen LogP contribution in [0.5, 0.6) is 0 Å². The van der Waals surface area contributed by atoms with Crippen molar-refractivity contribution in [2.24, 2.45) is 5.92 Å². The van der Waals surface area contributed by atoms with Crippen LogP contribution >= 0.6 is 11.3 Å². The summed E-state index contributed by atoms with van der Waals surface area (Å²) in [6.07, 6.45) is 0.692. The molecule has 18 heavy (non-hydrogen) atoms. The number of amides is 1. The molecule has 1 aromatic rings. The Morgan fingerprint density at radius 3 is 2.44 bits per heavy atom. The highest BCUT2D eigenvalue weighted by atomic mass is 32.1. The van der Waals surface area contributed by atoms with Crippen LogP contribution in [-0.2, 0) is 4.79 Å². The predicted molar refractivity (Wildman–Crippen MR) is 69.9 cm³/mol. The maximum absolute atomic E-state index is 12.0. The molecule has 0 radical (unpaired) electrons. The van der Waals surface area contributed by atoms with Crippen molar-refractivity contribution in [2.75, 3.05) is 0 Å². The van der Waals surface area contributed by atoms with Crippen molar-refractivity contribution < 1.29 is 14.7 Å². The van der Waals surface area contributed by atoms with Crippen LogP contribution in [-0.4, -0.2) is 28.0 Å². The van der Waals surface area contributed by atoms with E-state index in [1.807, 2.05) is 20.8 Å². The van der Waals surface area contributed by atoms with E-state index in [0.29, 0.717) is 17.0 Å². The number of carboxylic acids is 1. The summed E-state index contributed by atoms with van der Waals surface area (Å²) >= 11 is 1.28. The first-order valence-corrected chi connectivity index (χ1v) is 6.66. The van der Waals surface area contributed by atoms with Crippen LogP contribution in [0.25, 0.3) is 0 Å². The number of rotatable bonds is 5. The lowest BCUT2D eigenvalue weighted by Gasteiger charge is -2.19. The zero-order valence-corrected chi connectivity index (χ0v) is 11.8. The Balaban J connectivity index is 2.85. The van der Waals surface area contributed by atoms with Crippen molar-refractivity contribution in [1.82, 2.24) is 10.3 Å². The summed E-state index contributed by atoms with van der Waals surface area (Å²) in [4.78, 5) is 27.8. The van der Waals surface area contributed by atoms with Crippen LogP contribution in [0.1, 0.15) is 40.6 Å². The Hall–Kier alpha value is -1.43. The summed E-state index contributed by atoms with van der Waals surface area (Å²) in [5.74, 6) is -1.47. The highest BCUT2D eigenvalue weighted by Crippen LogP contribution is 2.18. The minimum atomic E-state index is -1.00. The van der Waals surface area contributed by atoms with Gasteiger partial charge in [-0.05, 0) is 19.8 Å². The number of carbonyl (C=O) groups is 2. The van der Waals surface area contributed by atoms with Gasteiger partial charge in [-0.3, -0.25) is 4.79 Å². The number of aromatic nitrogens is 1. The van der Waals surface area contributed by atoms with Crippen LogP contribution in [0.15, 0.2) is 0 Å². The standard InChI is InChI=1S/C12H18N2O3S/c1-5-6(2)9(12(16)17)14-11(15)10-7(3)13-8(4)18-10/h6,9H,5H2,1-4H3,(H,14,15)(H,16,17)/t6-,9-/m1/s1. The molecule has 1 rings (SSSR count). The van der Waals surface area contributed by atoms with E-state index in [1.54, 1.807) is 6.92 Å². The van der Waals surface area contributed by atoms with Crippen LogP contribution in [0.3, 0.4) is 0 Å². The molecule has 0 bridgehead atoms. The van der Waals surface area contributed by atoms with Gasteiger partial charge >= 0.3 is 5.97 Å². The Labute approximate surface area is 110 Å². The molecule has 1 aromatic heterocycles. The molecule has 100 valence electrons. The maximum atomic E-state index is 12.0. The molecule has 2 N–H and O–H groups in total. The first kappa shape index (κ1) is 14.6. The number of hydrogen-bond acceptors (Lipinski definition) is 4. The minimum absolute atomic E-state index is 0.110. The number of hydrogen-bond donors (Lipinski definition) is 2. The van der Waals surface area contributed by atoms with Gasteiger partial charge in [-0.15, -0.1) is 11.3 Å². The third-order valence-corrected chi connectivity index (χ3v) is 3.95. The molecule has 0 aliphatic carbocycles. The molecular formula is C12H18N2O3S. The van der Waals surface area contributed by atoms with E-state index in [-0.39, 0.29) is 11.8 Å². The van der Waals surface area contributed by atoms with Gasteiger partial charge in [0.1, 0.15) is 10.9 Å². The van der Waals surface area contributed by atoms with E-state index < -0.39 is 12.0 Å². The zero-order valence-electron chi connectivity index (χ0n) is 11.0. The lowest BCUT2D eigenvalue weighted by molar-refractivity contribution is -0.140. The van der Waals surface area contributed by atoms with Crippen molar-refractivity contribution in [1.29, 1.82) is 0 Å². The molecule has 0 unspecified atom stereocenters. The second kappa shape index (κ2) is 5.95. The third kappa shape index (κ3) is 3.29. The van der Waals surface area contributed by atoms with Crippen LogP contribution in [0.2, 0.25) is 0 Å². The fourth-order valence-corrected chi connectivity index (χ4v) is 2.45. The van der Waals surface area contributed by atoms with E-state index in [4.69, 9.17) is 5.11 Å². The molecular weight excluding hydrogens is 252 g/mol. The zero-order chi connectivity index (χ0) is 13.9. The van der Waals surface area contributed by atoms with E-state index in [9.17, 15) is 9.59 Å². The largest absolute Gasteiger partial charge is 0.480 e. The fraction of sp³-hybridized carbons (Fsp3) is 0.583. The van der Waals surface area contributed by atoms with Gasteiger partial charge in [0.2, 0.25) is 0 Å². The highest BCUT2D eigenvalue weighted by molar-refractivity contribution is 7.13. The topological polar surface area (TPSA) is 79.3 Å². The highest BCUT2D eigenvalue weighted by Gasteiger charge is 2.27. The predicted octanol–water partition coefficient (Wildman–Crippen LogP) is 1.99. The monoisotopic (exact) mass is 270 g/mol. The molecule has 0 saturated carbocycles. The van der Waals surface area contributed by atoms with Crippen LogP contribution in [0.4, 0.5) is 0 Å². The lowest BCUT2D eigenvalue weighted by atomic mass is 9.99. The first-order valence-electron chi connectivity index (χ1n) is 5.84. The number of carbonyl (C=O) groups excluding carboxylic acids is 1. The quantitative estimate of drug-likeness (QED) is 0.857. The summed E-state index contributed by atoms with van der Waals surface area (Å²) in [7, 11) is 0. The second-order valence-corrected chi connectivity index (χ2v) is 5.53. The third-order valence-electron chi connectivity index (χ3n) is 2.88. The summed E-state index contributed by atoms with van der Waals surface area (Å²) in [5, 5.41) is 12.5. The van der Waals surface area contributed by atoms with Gasteiger partial charge in [-0.1, -0.05) is 20.3 Å². The number of aryl methyl sites for hydroxylation is 2. The van der Waals surface area contributed by atoms with Gasteiger partial charge in [0.05, 0.1) is 10.7 Å². The molecule has 5 nitrogen and oxygen atoms in total. The second-order valence-electron chi connectivity index (χ2n) is 4.32. The Bertz CT molecular complexity index is 456. The molecule has 0 aliphatic heterocycles. The Morgan fingerprint density at radius 1 is 1.44 bits per heavy atom. The van der Waals surface area contributed by atoms with Gasteiger partial charge in [0.15, 0.2) is 0 Å². The van der Waals surface area contributed by atoms with Crippen LogP contribution < -0.4 is 5.32 Å². The van der Waals surface area contributed by atoms with Gasteiger partial charge in [0, 0.05) is 0 Å². The van der Waals surface area contributed by atoms with Gasteiger partial charge < -0.3 is 10.4 Å². The summed E-state index contributed by atoms with van der Waals surface area (Å²) in [6, 6.07) is -0.857. The Kier molecular flexibility index (Phi) is 4.84. The van der Waals surface area contributed by atoms with Gasteiger partial charge in [0.25, 0.3) is 5.91 Å². The van der Waals surface area contributed by atoms with E-state index >= 15 is 0 Å². The average Bonchev–Trinajstić information content (AvgIpc) is 2.63. The Morgan fingerprint density at radius 2 is 2.06 bits per heavy atom. The van der Waals surface area contributed by atoms with E-state index in [2.05, 4.69) is 10.3 Å². The summed E-state index contributed by atoms with van der Waals surface area (Å²) in [6.45, 7) is 7.27. The molecule has 1 heterocycles. The lowest BCUT2D eigenvalue weighted by Crippen LogP contribution is -2.44. The molecule has 1 amide bonds. The van der Waals surface area contributed by atoms with Gasteiger partial charge in [-0.2, -0.15) is 0 Å². The molecule has 0 aromatic carbocycles. The fourth-order valence-electron chi connectivity index (χ4n) is 1.63. The SMILES string of the molecule is CC[C@@H](C)[C@@H](NC(=O)c1sc(C)nc1C)C(=O)O. The maximum Gasteiger partial charge on any atom is 0.326 e. The first-order chi connectivity index (χ1) is 8.36. The number of nitrogens with zero attached hydrogens (tertiary/aromatic N) is 1. The normalized spacial score (nSPS) is 14.0. The van der Waals surface area contributed by atoms with E-state index in [1.165, 1.54) is 11.3 Å². The van der Waals surface area contributed by atoms with Crippen LogP contribution in [0, 0.1) is 19.8 Å². The number of aliphatic carboxylic acids is 1. The van der Waals surface area contributed by atoms with E-state index in [0.717, 1.165) is 5.01 Å². The van der Waals surface area contributed by atoms with Crippen molar-refractivity contribution in [3.8, 4) is 0 Å². The summed E-state index contributed by atoms with van der Waals surface area (Å²) < 4.78 is 0. The number of nitrogens with one attached hydrogen (secondary N) is 1. The molecule has 0 spiro atoms. The number of thiazole rings is 1. The average molecular weight is 270 g/mol. The number of carboxylic acid groups (broad SMARTS) is 1. The minimum Gasteiger partial charge on any atom is -0.480 e. The summed E-state index contributed by atoms with van der Waals surface area (Å²) in [5.41, 5.74) is 0.642. The molecule has 6 heteroatoms. The van der Waals surface area contributed by atoms with Crippen molar-refractivity contribution in [3.05, 3.63) is 15.6 Å². The van der Waals surface area contributed by atoms with Crippen molar-refractivity contribution in [3.63, 3.8) is 0 Å². The molecule has 0 fully saturated rings. The molecule has 0 aliphatic rings. The molecule has 0 saturated heterocycles.